The van der Waals surface area contributed by atoms with Crippen molar-refractivity contribution in [1.82, 2.24) is 4.57 Å². The van der Waals surface area contributed by atoms with E-state index in [0.29, 0.717) is 0 Å². The molecule has 282 valence electrons. The molecule has 0 spiro atoms. The highest BCUT2D eigenvalue weighted by molar-refractivity contribution is 6.11. The van der Waals surface area contributed by atoms with Crippen LogP contribution >= 0.6 is 0 Å². The SMILES string of the molecule is c1ccc(-c2ccccc2-c2ccccc2-c2ccccc2N(c2ccc(-c3cccc4ccccc34)cc2)c2ccc3c(c2)c2ccccc2n3-c2ccccc2)cc1. The molecule has 0 aliphatic rings. The van der Waals surface area contributed by atoms with E-state index >= 15 is 0 Å². The number of benzene rings is 10. The standard InChI is InChI=1S/C58H40N2/c1-3-18-41(19-4-1)49-25-9-10-26-50(49)51-27-11-12-28-52(51)53-29-13-15-32-56(53)59(45-36-34-43(35-37-45)48-31-17-21-42-20-7-8-24-47(42)48)46-38-39-58-55(40-46)54-30-14-16-33-57(54)60(58)44-22-5-2-6-23-44/h1-40H. The van der Waals surface area contributed by atoms with E-state index in [1.165, 1.54) is 71.5 Å². The van der Waals surface area contributed by atoms with Gasteiger partial charge in [-0.2, -0.15) is 0 Å². The van der Waals surface area contributed by atoms with Crippen molar-refractivity contribution in [1.29, 1.82) is 0 Å². The Hall–Kier alpha value is -7.94. The van der Waals surface area contributed by atoms with E-state index in [1.54, 1.807) is 0 Å². The molecule has 2 nitrogen and oxygen atoms in total. The van der Waals surface area contributed by atoms with Gasteiger partial charge in [-0.25, -0.2) is 0 Å². The first-order chi connectivity index (χ1) is 29.8. The monoisotopic (exact) mass is 764 g/mol. The lowest BCUT2D eigenvalue weighted by molar-refractivity contribution is 1.18. The molecular weight excluding hydrogens is 725 g/mol. The molecule has 1 heterocycles. The van der Waals surface area contributed by atoms with E-state index in [2.05, 4.69) is 252 Å². The Kier molecular flexibility index (Phi) is 8.87. The van der Waals surface area contributed by atoms with Crippen LogP contribution in [0, 0.1) is 0 Å². The first kappa shape index (κ1) is 35.2. The predicted molar refractivity (Wildman–Crippen MR) is 255 cm³/mol. The third-order valence-corrected chi connectivity index (χ3v) is 11.8. The number of rotatable bonds is 8. The maximum Gasteiger partial charge on any atom is 0.0542 e. The fraction of sp³-hybridized carbons (Fsp3) is 0. The van der Waals surface area contributed by atoms with Crippen LogP contribution in [0.5, 0.6) is 0 Å². The summed E-state index contributed by atoms with van der Waals surface area (Å²) in [7, 11) is 0. The second-order valence-corrected chi connectivity index (χ2v) is 15.3. The average Bonchev–Trinajstić information content (AvgIpc) is 3.66. The van der Waals surface area contributed by atoms with Gasteiger partial charge >= 0.3 is 0 Å². The summed E-state index contributed by atoms with van der Waals surface area (Å²) in [4.78, 5) is 2.44. The minimum atomic E-state index is 1.08. The van der Waals surface area contributed by atoms with Gasteiger partial charge in [-0.15, -0.1) is 0 Å². The van der Waals surface area contributed by atoms with Crippen LogP contribution in [0.1, 0.15) is 0 Å². The maximum absolute atomic E-state index is 2.44. The van der Waals surface area contributed by atoms with Crippen molar-refractivity contribution in [3.05, 3.63) is 243 Å². The number of anilines is 3. The minimum Gasteiger partial charge on any atom is -0.310 e. The van der Waals surface area contributed by atoms with Gasteiger partial charge < -0.3 is 9.47 Å². The molecule has 11 aromatic rings. The van der Waals surface area contributed by atoms with Gasteiger partial charge in [0.25, 0.3) is 0 Å². The maximum atomic E-state index is 2.44. The zero-order valence-electron chi connectivity index (χ0n) is 33.0. The molecule has 60 heavy (non-hydrogen) atoms. The van der Waals surface area contributed by atoms with Crippen LogP contribution in [0.25, 0.3) is 82.8 Å². The van der Waals surface area contributed by atoms with Gasteiger partial charge in [0.2, 0.25) is 0 Å². The topological polar surface area (TPSA) is 8.17 Å². The molecule has 0 fully saturated rings. The van der Waals surface area contributed by atoms with E-state index < -0.39 is 0 Å². The van der Waals surface area contributed by atoms with Gasteiger partial charge in [-0.1, -0.05) is 188 Å². The van der Waals surface area contributed by atoms with Gasteiger partial charge in [0, 0.05) is 33.4 Å². The number of para-hydroxylation sites is 3. The second kappa shape index (κ2) is 15.1. The number of hydrogen-bond acceptors (Lipinski definition) is 1. The molecular formula is C58H40N2. The highest BCUT2D eigenvalue weighted by atomic mass is 15.1. The van der Waals surface area contributed by atoms with Gasteiger partial charge in [0.15, 0.2) is 0 Å². The minimum absolute atomic E-state index is 1.08. The Labute approximate surface area is 350 Å². The predicted octanol–water partition coefficient (Wildman–Crippen LogP) is 16.1. The average molecular weight is 765 g/mol. The summed E-state index contributed by atoms with van der Waals surface area (Å²) < 4.78 is 2.38. The fourth-order valence-electron chi connectivity index (χ4n) is 9.09. The third kappa shape index (κ3) is 6.14. The fourth-order valence-corrected chi connectivity index (χ4v) is 9.09. The lowest BCUT2D eigenvalue weighted by atomic mass is 9.88. The first-order valence-corrected chi connectivity index (χ1v) is 20.6. The Bertz CT molecular complexity index is 3300. The molecule has 11 rings (SSSR count). The van der Waals surface area contributed by atoms with Crippen LogP contribution in [-0.4, -0.2) is 4.57 Å². The molecule has 2 heteroatoms. The molecule has 0 aliphatic heterocycles. The summed E-state index contributed by atoms with van der Waals surface area (Å²) in [6.45, 7) is 0. The van der Waals surface area contributed by atoms with Crippen LogP contribution in [0.15, 0.2) is 243 Å². The second-order valence-electron chi connectivity index (χ2n) is 15.3. The van der Waals surface area contributed by atoms with Crippen LogP contribution in [0.3, 0.4) is 0 Å². The third-order valence-electron chi connectivity index (χ3n) is 11.8. The molecule has 10 aromatic carbocycles. The van der Waals surface area contributed by atoms with Crippen molar-refractivity contribution in [2.75, 3.05) is 4.90 Å². The lowest BCUT2D eigenvalue weighted by Crippen LogP contribution is -2.11. The Balaban J connectivity index is 1.13. The van der Waals surface area contributed by atoms with Crippen molar-refractivity contribution in [3.63, 3.8) is 0 Å². The van der Waals surface area contributed by atoms with Gasteiger partial charge in [-0.3, -0.25) is 0 Å². The van der Waals surface area contributed by atoms with Gasteiger partial charge in [0.05, 0.1) is 16.7 Å². The summed E-state index contributed by atoms with van der Waals surface area (Å²) in [6.07, 6.45) is 0. The molecule has 0 amide bonds. The van der Waals surface area contributed by atoms with E-state index in [9.17, 15) is 0 Å². The van der Waals surface area contributed by atoms with Crippen molar-refractivity contribution < 1.29 is 0 Å². The molecule has 0 atom stereocenters. The summed E-state index contributed by atoms with van der Waals surface area (Å²) in [5.74, 6) is 0. The van der Waals surface area contributed by atoms with E-state index in [-0.39, 0.29) is 0 Å². The van der Waals surface area contributed by atoms with Crippen LogP contribution in [0.4, 0.5) is 17.1 Å². The lowest BCUT2D eigenvalue weighted by Gasteiger charge is -2.29. The molecule has 0 saturated heterocycles. The summed E-state index contributed by atoms with van der Waals surface area (Å²) >= 11 is 0. The van der Waals surface area contributed by atoms with Crippen molar-refractivity contribution in [2.24, 2.45) is 0 Å². The van der Waals surface area contributed by atoms with Crippen molar-refractivity contribution >= 4 is 49.6 Å². The van der Waals surface area contributed by atoms with Crippen molar-refractivity contribution in [3.8, 4) is 50.2 Å². The van der Waals surface area contributed by atoms with Crippen LogP contribution in [-0.2, 0) is 0 Å². The Morgan fingerprint density at radius 2 is 0.783 bits per heavy atom. The molecule has 0 radical (unpaired) electrons. The zero-order valence-corrected chi connectivity index (χ0v) is 33.0. The van der Waals surface area contributed by atoms with Crippen LogP contribution < -0.4 is 4.90 Å². The summed E-state index contributed by atoms with van der Waals surface area (Å²) in [6, 6.07) is 87.9. The summed E-state index contributed by atoms with van der Waals surface area (Å²) in [5, 5.41) is 4.92. The van der Waals surface area contributed by atoms with Gasteiger partial charge in [-0.05, 0) is 104 Å². The number of hydrogen-bond donors (Lipinski definition) is 0. The Morgan fingerprint density at radius 3 is 1.55 bits per heavy atom. The molecule has 1 aromatic heterocycles. The quantitative estimate of drug-likeness (QED) is 0.150. The molecule has 0 aliphatic carbocycles. The van der Waals surface area contributed by atoms with Crippen LogP contribution in [0.2, 0.25) is 0 Å². The van der Waals surface area contributed by atoms with E-state index in [1.807, 2.05) is 0 Å². The zero-order chi connectivity index (χ0) is 39.8. The smallest absolute Gasteiger partial charge is 0.0542 e. The highest BCUT2D eigenvalue weighted by Gasteiger charge is 2.22. The highest BCUT2D eigenvalue weighted by Crippen LogP contribution is 2.46. The normalized spacial score (nSPS) is 11.3. The molecule has 0 unspecified atom stereocenters. The molecule has 0 bridgehead atoms. The Morgan fingerprint density at radius 1 is 0.283 bits per heavy atom. The summed E-state index contributed by atoms with van der Waals surface area (Å²) in [5.41, 5.74) is 16.3. The molecule has 0 saturated carbocycles. The largest absolute Gasteiger partial charge is 0.310 e. The van der Waals surface area contributed by atoms with E-state index in [0.717, 1.165) is 28.3 Å². The first-order valence-electron chi connectivity index (χ1n) is 20.6. The van der Waals surface area contributed by atoms with Gasteiger partial charge in [0.1, 0.15) is 0 Å². The van der Waals surface area contributed by atoms with E-state index in [4.69, 9.17) is 0 Å². The number of aromatic nitrogens is 1. The van der Waals surface area contributed by atoms with Crippen molar-refractivity contribution in [2.45, 2.75) is 0 Å². The number of nitrogens with zero attached hydrogens (tertiary/aromatic N) is 2. The molecule has 0 N–H and O–H groups in total. The number of fused-ring (bicyclic) bond motifs is 4.